The van der Waals surface area contributed by atoms with E-state index in [1.54, 1.807) is 25.4 Å². The Kier molecular flexibility index (Phi) is 7.97. The van der Waals surface area contributed by atoms with Crippen molar-refractivity contribution in [2.24, 2.45) is 4.99 Å². The van der Waals surface area contributed by atoms with Crippen molar-refractivity contribution in [3.63, 3.8) is 0 Å². The standard InChI is InChI=1S/C17H23BrN6O/c1-19-17(21-7-3-11-24-12-4-8-23-24)22-10-9-20-16(25)14-5-2-6-15(18)13-14/h2,4-6,8,12-13H,3,7,9-11H2,1H3,(H,20,25)(H2,19,21,22). The third-order valence-electron chi connectivity index (χ3n) is 3.43. The number of amides is 1. The van der Waals surface area contributed by atoms with Crippen molar-refractivity contribution in [2.75, 3.05) is 26.7 Å². The monoisotopic (exact) mass is 406 g/mol. The molecule has 0 saturated carbocycles. The second-order valence-corrected chi connectivity index (χ2v) is 6.23. The number of aliphatic imine (C=N–C) groups is 1. The van der Waals surface area contributed by atoms with Gasteiger partial charge in [0, 0.05) is 55.7 Å². The minimum absolute atomic E-state index is 0.0923. The van der Waals surface area contributed by atoms with Crippen molar-refractivity contribution in [1.29, 1.82) is 0 Å². The first-order valence-electron chi connectivity index (χ1n) is 8.15. The average molecular weight is 407 g/mol. The second kappa shape index (κ2) is 10.5. The first-order valence-corrected chi connectivity index (χ1v) is 8.94. The molecule has 7 nitrogen and oxygen atoms in total. The summed E-state index contributed by atoms with van der Waals surface area (Å²) >= 11 is 3.36. The van der Waals surface area contributed by atoms with Crippen LogP contribution in [-0.2, 0) is 6.54 Å². The summed E-state index contributed by atoms with van der Waals surface area (Å²) in [5.74, 6) is 0.627. The van der Waals surface area contributed by atoms with E-state index in [1.807, 2.05) is 29.1 Å². The minimum Gasteiger partial charge on any atom is -0.356 e. The molecule has 0 fully saturated rings. The van der Waals surface area contributed by atoms with Crippen LogP contribution in [0.5, 0.6) is 0 Å². The number of guanidine groups is 1. The molecular weight excluding hydrogens is 384 g/mol. The van der Waals surface area contributed by atoms with Gasteiger partial charge >= 0.3 is 0 Å². The van der Waals surface area contributed by atoms with E-state index in [1.165, 1.54) is 0 Å². The Morgan fingerprint density at radius 2 is 2.00 bits per heavy atom. The van der Waals surface area contributed by atoms with E-state index in [0.717, 1.165) is 29.9 Å². The fraction of sp³-hybridized carbons (Fsp3) is 0.353. The van der Waals surface area contributed by atoms with Gasteiger partial charge in [-0.15, -0.1) is 0 Å². The van der Waals surface area contributed by atoms with Gasteiger partial charge in [0.1, 0.15) is 0 Å². The molecule has 2 rings (SSSR count). The summed E-state index contributed by atoms with van der Waals surface area (Å²) in [6.45, 7) is 2.77. The molecule has 1 aromatic carbocycles. The Balaban J connectivity index is 1.60. The molecule has 3 N–H and O–H groups in total. The number of aromatic nitrogens is 2. The quantitative estimate of drug-likeness (QED) is 0.353. The Labute approximate surface area is 156 Å². The van der Waals surface area contributed by atoms with E-state index in [9.17, 15) is 4.79 Å². The van der Waals surface area contributed by atoms with Gasteiger partial charge in [-0.2, -0.15) is 5.10 Å². The fourth-order valence-electron chi connectivity index (χ4n) is 2.19. The van der Waals surface area contributed by atoms with Crippen molar-refractivity contribution in [2.45, 2.75) is 13.0 Å². The molecule has 0 bridgehead atoms. The van der Waals surface area contributed by atoms with E-state index in [-0.39, 0.29) is 5.91 Å². The van der Waals surface area contributed by atoms with Crippen LogP contribution in [0.1, 0.15) is 16.8 Å². The van der Waals surface area contributed by atoms with Gasteiger partial charge in [-0.1, -0.05) is 22.0 Å². The Hall–Kier alpha value is -2.35. The number of carbonyl (C=O) groups excluding carboxylic acids is 1. The number of nitrogens with one attached hydrogen (secondary N) is 3. The van der Waals surface area contributed by atoms with Gasteiger partial charge in [-0.05, 0) is 30.7 Å². The SMILES string of the molecule is CN=C(NCCCn1cccn1)NCCNC(=O)c1cccc(Br)c1. The molecule has 0 saturated heterocycles. The number of benzene rings is 1. The summed E-state index contributed by atoms with van der Waals surface area (Å²) in [5, 5.41) is 13.4. The van der Waals surface area contributed by atoms with Gasteiger partial charge in [0.2, 0.25) is 0 Å². The van der Waals surface area contributed by atoms with E-state index < -0.39 is 0 Å². The molecule has 0 atom stereocenters. The van der Waals surface area contributed by atoms with Crippen LogP contribution in [0.4, 0.5) is 0 Å². The zero-order chi connectivity index (χ0) is 17.9. The molecule has 0 aliphatic heterocycles. The lowest BCUT2D eigenvalue weighted by atomic mass is 10.2. The lowest BCUT2D eigenvalue weighted by Crippen LogP contribution is -2.42. The highest BCUT2D eigenvalue weighted by atomic mass is 79.9. The van der Waals surface area contributed by atoms with Gasteiger partial charge in [-0.25, -0.2) is 0 Å². The summed E-state index contributed by atoms with van der Waals surface area (Å²) in [6.07, 6.45) is 4.67. The number of halogens is 1. The van der Waals surface area contributed by atoms with Crippen molar-refractivity contribution in [3.05, 3.63) is 52.8 Å². The number of hydrogen-bond acceptors (Lipinski definition) is 3. The molecule has 0 radical (unpaired) electrons. The van der Waals surface area contributed by atoms with Gasteiger partial charge in [0.05, 0.1) is 0 Å². The molecule has 8 heteroatoms. The van der Waals surface area contributed by atoms with Crippen molar-refractivity contribution >= 4 is 27.8 Å². The van der Waals surface area contributed by atoms with E-state index in [0.29, 0.717) is 18.7 Å². The predicted octanol–water partition coefficient (Wildman–Crippen LogP) is 1.63. The maximum Gasteiger partial charge on any atom is 0.251 e. The molecule has 0 aliphatic carbocycles. The van der Waals surface area contributed by atoms with E-state index in [2.05, 4.69) is 42.0 Å². The normalized spacial score (nSPS) is 11.2. The van der Waals surface area contributed by atoms with Gasteiger partial charge in [-0.3, -0.25) is 14.5 Å². The molecule has 1 aromatic heterocycles. The number of aryl methyl sites for hydroxylation is 1. The minimum atomic E-state index is -0.0923. The molecule has 0 spiro atoms. The van der Waals surface area contributed by atoms with Gasteiger partial charge < -0.3 is 16.0 Å². The number of carbonyl (C=O) groups is 1. The first kappa shape index (κ1) is 19.0. The van der Waals surface area contributed by atoms with Crippen LogP contribution in [0.15, 0.2) is 52.2 Å². The number of nitrogens with zero attached hydrogens (tertiary/aromatic N) is 3. The van der Waals surface area contributed by atoms with E-state index in [4.69, 9.17) is 0 Å². The third kappa shape index (κ3) is 6.96. The summed E-state index contributed by atoms with van der Waals surface area (Å²) in [4.78, 5) is 16.2. The summed E-state index contributed by atoms with van der Waals surface area (Å²) < 4.78 is 2.79. The van der Waals surface area contributed by atoms with Crippen molar-refractivity contribution in [1.82, 2.24) is 25.7 Å². The van der Waals surface area contributed by atoms with Crippen LogP contribution >= 0.6 is 15.9 Å². The van der Waals surface area contributed by atoms with Crippen molar-refractivity contribution < 1.29 is 4.79 Å². The van der Waals surface area contributed by atoms with Crippen molar-refractivity contribution in [3.8, 4) is 0 Å². The summed E-state index contributed by atoms with van der Waals surface area (Å²) in [5.41, 5.74) is 0.635. The highest BCUT2D eigenvalue weighted by Crippen LogP contribution is 2.11. The van der Waals surface area contributed by atoms with Crippen LogP contribution in [0.2, 0.25) is 0 Å². The fourth-order valence-corrected chi connectivity index (χ4v) is 2.59. The first-order chi connectivity index (χ1) is 12.2. The lowest BCUT2D eigenvalue weighted by Gasteiger charge is -2.12. The Bertz CT molecular complexity index is 686. The maximum atomic E-state index is 12.0. The lowest BCUT2D eigenvalue weighted by molar-refractivity contribution is 0.0954. The highest BCUT2D eigenvalue weighted by Gasteiger charge is 2.05. The van der Waals surface area contributed by atoms with Crippen LogP contribution in [-0.4, -0.2) is 48.3 Å². The zero-order valence-corrected chi connectivity index (χ0v) is 15.8. The van der Waals surface area contributed by atoms with Gasteiger partial charge in [0.15, 0.2) is 5.96 Å². The molecule has 2 aromatic rings. The smallest absolute Gasteiger partial charge is 0.251 e. The van der Waals surface area contributed by atoms with Crippen LogP contribution in [0.3, 0.4) is 0 Å². The summed E-state index contributed by atoms with van der Waals surface area (Å²) in [6, 6.07) is 9.22. The molecule has 1 heterocycles. The topological polar surface area (TPSA) is 83.3 Å². The number of hydrogen-bond donors (Lipinski definition) is 3. The zero-order valence-electron chi connectivity index (χ0n) is 14.2. The third-order valence-corrected chi connectivity index (χ3v) is 3.92. The molecule has 1 amide bonds. The molecule has 25 heavy (non-hydrogen) atoms. The molecule has 0 unspecified atom stereocenters. The Morgan fingerprint density at radius 1 is 1.20 bits per heavy atom. The Morgan fingerprint density at radius 3 is 2.72 bits per heavy atom. The predicted molar refractivity (Wildman–Crippen MR) is 103 cm³/mol. The molecular formula is C17H23BrN6O. The average Bonchev–Trinajstić information content (AvgIpc) is 3.13. The van der Waals surface area contributed by atoms with Crippen LogP contribution in [0, 0.1) is 0 Å². The molecule has 134 valence electrons. The van der Waals surface area contributed by atoms with Crippen LogP contribution in [0.25, 0.3) is 0 Å². The largest absolute Gasteiger partial charge is 0.356 e. The number of rotatable bonds is 8. The van der Waals surface area contributed by atoms with Gasteiger partial charge in [0.25, 0.3) is 5.91 Å². The van der Waals surface area contributed by atoms with E-state index >= 15 is 0 Å². The second-order valence-electron chi connectivity index (χ2n) is 5.31. The maximum absolute atomic E-state index is 12.0. The van der Waals surface area contributed by atoms with Crippen LogP contribution < -0.4 is 16.0 Å². The molecule has 0 aliphatic rings. The highest BCUT2D eigenvalue weighted by molar-refractivity contribution is 9.10. The summed E-state index contributed by atoms with van der Waals surface area (Å²) in [7, 11) is 1.73.